The summed E-state index contributed by atoms with van der Waals surface area (Å²) in [6.07, 6.45) is 8.16. The van der Waals surface area contributed by atoms with E-state index in [1.54, 1.807) is 0 Å². The summed E-state index contributed by atoms with van der Waals surface area (Å²) >= 11 is 2.36. The molecular weight excluding hydrogens is 467 g/mol. The molecule has 0 amide bonds. The number of halogens is 3. The number of rotatable bonds is 5. The minimum Gasteiger partial charge on any atom is -1.00 e. The quantitative estimate of drug-likeness (QED) is 0.347. The van der Waals surface area contributed by atoms with Gasteiger partial charge in [-0.05, 0) is 0 Å². The van der Waals surface area contributed by atoms with Gasteiger partial charge < -0.3 is 37.2 Å². The third-order valence-electron chi connectivity index (χ3n) is 5.75. The molecule has 0 bridgehead atoms. The molecule has 0 saturated carbocycles. The smallest absolute Gasteiger partial charge is 1.00 e. The van der Waals surface area contributed by atoms with Crippen LogP contribution in [-0.4, -0.2) is 0 Å². The van der Waals surface area contributed by atoms with E-state index in [2.05, 4.69) is 137 Å². The standard InChI is InChI=1S/C26H23.3ClH.Ti/c1-26(23-13-7-3-8-14-23,24-15-9-4-10-16-24)25-18-17-22(20-25)19-21-11-5-2-6-12-21;;;;/h2-18,20H,19H2,1H3;3*1H;/q;;;;+3/p-3. The van der Waals surface area contributed by atoms with Crippen LogP contribution in [0, 0.1) is 0 Å². The zero-order chi connectivity index (χ0) is 18.7. The first-order valence-electron chi connectivity index (χ1n) is 9.43. The minimum atomic E-state index is -0.134. The molecule has 0 radical (unpaired) electrons. The Balaban J connectivity index is 0.00000150. The van der Waals surface area contributed by atoms with Gasteiger partial charge in [-0.15, -0.1) is 0 Å². The molecule has 0 spiro atoms. The van der Waals surface area contributed by atoms with Crippen molar-refractivity contribution in [3.63, 3.8) is 0 Å². The van der Waals surface area contributed by atoms with Gasteiger partial charge in [-0.1, -0.05) is 0 Å². The minimum absolute atomic E-state index is 0. The third kappa shape index (κ3) is 5.13. The van der Waals surface area contributed by atoms with Crippen molar-refractivity contribution in [2.45, 2.75) is 22.5 Å². The van der Waals surface area contributed by atoms with Crippen molar-refractivity contribution < 1.29 is 57.7 Å². The second-order valence-corrected chi connectivity index (χ2v) is 8.73. The monoisotopic (exact) mass is 488 g/mol. The number of allylic oxidation sites excluding steroid dienone is 4. The van der Waals surface area contributed by atoms with E-state index in [-0.39, 0.29) is 46.4 Å². The van der Waals surface area contributed by atoms with Gasteiger partial charge in [-0.3, -0.25) is 0 Å². The molecule has 0 fully saturated rings. The molecule has 30 heavy (non-hydrogen) atoms. The predicted molar refractivity (Wildman–Crippen MR) is 109 cm³/mol. The van der Waals surface area contributed by atoms with Gasteiger partial charge in [0.15, 0.2) is 0 Å². The summed E-state index contributed by atoms with van der Waals surface area (Å²) in [5.41, 5.74) is 5.31. The van der Waals surface area contributed by atoms with E-state index < -0.39 is 0 Å². The van der Waals surface area contributed by atoms with Crippen molar-refractivity contribution in [3.05, 3.63) is 131 Å². The number of hydrogen-bond donors (Lipinski definition) is 0. The molecule has 0 saturated heterocycles. The number of hydrogen-bond acceptors (Lipinski definition) is 0. The van der Waals surface area contributed by atoms with Gasteiger partial charge in [0.05, 0.1) is 0 Å². The van der Waals surface area contributed by atoms with Crippen molar-refractivity contribution in [2.75, 3.05) is 0 Å². The van der Waals surface area contributed by atoms with Gasteiger partial charge in [0.1, 0.15) is 0 Å². The maximum atomic E-state index is 2.47. The molecule has 0 nitrogen and oxygen atoms in total. The van der Waals surface area contributed by atoms with Crippen molar-refractivity contribution >= 4 is 0 Å². The van der Waals surface area contributed by atoms with Crippen molar-refractivity contribution in [1.29, 1.82) is 0 Å². The third-order valence-corrected chi connectivity index (χ3v) is 7.02. The van der Waals surface area contributed by atoms with Crippen LogP contribution >= 0.6 is 0 Å². The van der Waals surface area contributed by atoms with Crippen LogP contribution in [0.4, 0.5) is 0 Å². The summed E-state index contributed by atoms with van der Waals surface area (Å²) < 4.78 is -0.0835. The SMILES string of the molecule is CC(c1ccccc1)(c1ccccc1)[C]1([Ti+3])C=CC(Cc2ccccc2)=C1.[Cl-].[Cl-].[Cl-]. The zero-order valence-electron chi connectivity index (χ0n) is 16.7. The van der Waals surface area contributed by atoms with Crippen LogP contribution in [0.5, 0.6) is 0 Å². The Morgan fingerprint density at radius 3 is 1.60 bits per heavy atom. The van der Waals surface area contributed by atoms with Gasteiger partial charge in [0.2, 0.25) is 0 Å². The number of benzene rings is 3. The average molecular weight is 490 g/mol. The molecule has 4 heteroatoms. The Hall–Kier alpha value is -1.28. The van der Waals surface area contributed by atoms with Gasteiger partial charge in [0.25, 0.3) is 0 Å². The first kappa shape index (κ1) is 26.8. The Morgan fingerprint density at radius 2 is 1.13 bits per heavy atom. The van der Waals surface area contributed by atoms with Gasteiger partial charge in [-0.2, -0.15) is 0 Å². The normalized spacial score (nSPS) is 17.2. The summed E-state index contributed by atoms with van der Waals surface area (Å²) in [7, 11) is 0. The fourth-order valence-electron chi connectivity index (χ4n) is 4.07. The van der Waals surface area contributed by atoms with E-state index in [0.717, 1.165) is 6.42 Å². The predicted octanol–water partition coefficient (Wildman–Crippen LogP) is -2.55. The fourth-order valence-corrected chi connectivity index (χ4v) is 4.94. The summed E-state index contributed by atoms with van der Waals surface area (Å²) in [6.45, 7) is 2.38. The molecule has 0 aliphatic heterocycles. The molecule has 3 aromatic rings. The van der Waals surface area contributed by atoms with E-state index in [9.17, 15) is 0 Å². The van der Waals surface area contributed by atoms with E-state index in [0.29, 0.717) is 0 Å². The molecule has 4 rings (SSSR count). The Labute approximate surface area is 210 Å². The molecule has 0 N–H and O–H groups in total. The molecule has 1 aliphatic rings. The van der Waals surface area contributed by atoms with Gasteiger partial charge >= 0.3 is 174 Å². The van der Waals surface area contributed by atoms with Crippen LogP contribution < -0.4 is 37.2 Å². The van der Waals surface area contributed by atoms with Crippen molar-refractivity contribution in [2.24, 2.45) is 0 Å². The Kier molecular flexibility index (Phi) is 10.1. The summed E-state index contributed by atoms with van der Waals surface area (Å²) in [6, 6.07) is 32.5. The molecule has 1 aliphatic carbocycles. The second-order valence-electron chi connectivity index (χ2n) is 7.44. The zero-order valence-corrected chi connectivity index (χ0v) is 20.6. The largest absolute Gasteiger partial charge is 1.00 e. The first-order chi connectivity index (χ1) is 13.1. The molecule has 1 atom stereocenters. The summed E-state index contributed by atoms with van der Waals surface area (Å²) in [4.78, 5) is 0. The molecule has 152 valence electrons. The molecule has 0 heterocycles. The molecule has 3 aromatic carbocycles. The maximum Gasteiger partial charge on any atom is -1.00 e. The Morgan fingerprint density at radius 1 is 0.700 bits per heavy atom. The Bertz CT molecular complexity index is 929. The molecular formula is C26H23Cl3Ti. The van der Waals surface area contributed by atoms with Gasteiger partial charge in [-0.25, -0.2) is 0 Å². The van der Waals surface area contributed by atoms with Crippen LogP contribution in [0.1, 0.15) is 23.6 Å². The topological polar surface area (TPSA) is 0 Å². The molecule has 0 aromatic heterocycles. The van der Waals surface area contributed by atoms with Crippen LogP contribution in [0.3, 0.4) is 0 Å². The van der Waals surface area contributed by atoms with E-state index in [1.165, 1.54) is 22.3 Å². The van der Waals surface area contributed by atoms with Gasteiger partial charge in [0, 0.05) is 0 Å². The summed E-state index contributed by atoms with van der Waals surface area (Å²) in [5.74, 6) is 0. The molecule has 1 unspecified atom stereocenters. The summed E-state index contributed by atoms with van der Waals surface area (Å²) in [5, 5.41) is 0. The maximum absolute atomic E-state index is 2.47. The van der Waals surface area contributed by atoms with Crippen LogP contribution in [0.25, 0.3) is 0 Å². The van der Waals surface area contributed by atoms with E-state index >= 15 is 0 Å². The van der Waals surface area contributed by atoms with Crippen molar-refractivity contribution in [1.82, 2.24) is 0 Å². The van der Waals surface area contributed by atoms with Crippen LogP contribution in [-0.2, 0) is 32.3 Å². The van der Waals surface area contributed by atoms with Crippen LogP contribution in [0.2, 0.25) is 3.72 Å². The second kappa shape index (κ2) is 11.4. The average Bonchev–Trinajstić information content (AvgIpc) is 3.11. The van der Waals surface area contributed by atoms with Crippen LogP contribution in [0.15, 0.2) is 115 Å². The van der Waals surface area contributed by atoms with E-state index in [1.807, 2.05) is 0 Å². The fraction of sp³-hybridized carbons (Fsp3) is 0.154. The first-order valence-corrected chi connectivity index (χ1v) is 10.2. The van der Waals surface area contributed by atoms with E-state index in [4.69, 9.17) is 0 Å². The van der Waals surface area contributed by atoms with Crippen molar-refractivity contribution in [3.8, 4) is 0 Å².